The topological polar surface area (TPSA) is 95.5 Å². The summed E-state index contributed by atoms with van der Waals surface area (Å²) in [5.74, 6) is -2.41. The summed E-state index contributed by atoms with van der Waals surface area (Å²) in [6, 6.07) is 6.74. The molecule has 1 aliphatic carbocycles. The molecule has 6 heteroatoms. The van der Waals surface area contributed by atoms with Crippen LogP contribution >= 0.6 is 0 Å². The van der Waals surface area contributed by atoms with Crippen LogP contribution in [-0.4, -0.2) is 22.9 Å². The Morgan fingerprint density at radius 2 is 1.45 bits per heavy atom. The molecule has 1 aromatic rings. The SMILES string of the molecule is CC(=O)Nc1ccc(NC(=O)[C@H]2CCCC[C@H]2C(=O)O)cc1. The van der Waals surface area contributed by atoms with Gasteiger partial charge in [0.05, 0.1) is 11.8 Å². The van der Waals surface area contributed by atoms with Crippen molar-refractivity contribution < 1.29 is 19.5 Å². The zero-order chi connectivity index (χ0) is 16.1. The second kappa shape index (κ2) is 7.06. The third kappa shape index (κ3) is 4.07. The van der Waals surface area contributed by atoms with Gasteiger partial charge in [-0.05, 0) is 37.1 Å². The van der Waals surface area contributed by atoms with E-state index < -0.39 is 17.8 Å². The number of aliphatic carboxylic acids is 1. The molecule has 0 spiro atoms. The number of carboxylic acid groups (broad SMARTS) is 1. The highest BCUT2D eigenvalue weighted by atomic mass is 16.4. The Hall–Kier alpha value is -2.37. The quantitative estimate of drug-likeness (QED) is 0.796. The van der Waals surface area contributed by atoms with Crippen LogP contribution in [0.4, 0.5) is 11.4 Å². The fourth-order valence-electron chi connectivity index (χ4n) is 2.82. The largest absolute Gasteiger partial charge is 0.481 e. The van der Waals surface area contributed by atoms with E-state index in [2.05, 4.69) is 10.6 Å². The maximum atomic E-state index is 12.3. The second-order valence-corrected chi connectivity index (χ2v) is 5.58. The molecule has 1 fully saturated rings. The summed E-state index contributed by atoms with van der Waals surface area (Å²) in [4.78, 5) is 34.5. The van der Waals surface area contributed by atoms with E-state index in [0.29, 0.717) is 24.2 Å². The first-order chi connectivity index (χ1) is 10.5. The predicted octanol–water partition coefficient (Wildman–Crippen LogP) is 2.47. The molecule has 1 aromatic carbocycles. The first-order valence-electron chi connectivity index (χ1n) is 7.38. The summed E-state index contributed by atoms with van der Waals surface area (Å²) in [7, 11) is 0. The monoisotopic (exact) mass is 304 g/mol. The molecular weight excluding hydrogens is 284 g/mol. The highest BCUT2D eigenvalue weighted by molar-refractivity contribution is 5.95. The zero-order valence-corrected chi connectivity index (χ0v) is 12.5. The lowest BCUT2D eigenvalue weighted by Crippen LogP contribution is -2.36. The number of carbonyl (C=O) groups is 3. The van der Waals surface area contributed by atoms with Gasteiger partial charge in [-0.3, -0.25) is 14.4 Å². The number of hydrogen-bond acceptors (Lipinski definition) is 3. The smallest absolute Gasteiger partial charge is 0.307 e. The molecule has 0 heterocycles. The molecular formula is C16H20N2O4. The molecule has 6 nitrogen and oxygen atoms in total. The van der Waals surface area contributed by atoms with Crippen molar-refractivity contribution in [2.45, 2.75) is 32.6 Å². The van der Waals surface area contributed by atoms with Crippen LogP contribution in [-0.2, 0) is 14.4 Å². The number of amides is 2. The molecule has 3 N–H and O–H groups in total. The van der Waals surface area contributed by atoms with Crippen LogP contribution in [0.15, 0.2) is 24.3 Å². The fraction of sp³-hybridized carbons (Fsp3) is 0.438. The number of rotatable bonds is 4. The van der Waals surface area contributed by atoms with Crippen molar-refractivity contribution in [3.05, 3.63) is 24.3 Å². The summed E-state index contributed by atoms with van der Waals surface area (Å²) in [5, 5.41) is 14.6. The van der Waals surface area contributed by atoms with Gasteiger partial charge in [0.25, 0.3) is 0 Å². The van der Waals surface area contributed by atoms with E-state index in [4.69, 9.17) is 0 Å². The van der Waals surface area contributed by atoms with Crippen molar-refractivity contribution in [3.8, 4) is 0 Å². The van der Waals surface area contributed by atoms with Gasteiger partial charge in [0.2, 0.25) is 11.8 Å². The minimum Gasteiger partial charge on any atom is -0.481 e. The van der Waals surface area contributed by atoms with Gasteiger partial charge in [-0.15, -0.1) is 0 Å². The fourth-order valence-corrected chi connectivity index (χ4v) is 2.82. The van der Waals surface area contributed by atoms with E-state index in [9.17, 15) is 19.5 Å². The number of nitrogens with one attached hydrogen (secondary N) is 2. The zero-order valence-electron chi connectivity index (χ0n) is 12.5. The van der Waals surface area contributed by atoms with Crippen molar-refractivity contribution in [2.75, 3.05) is 10.6 Å². The van der Waals surface area contributed by atoms with Crippen LogP contribution in [0.2, 0.25) is 0 Å². The van der Waals surface area contributed by atoms with Gasteiger partial charge in [0.1, 0.15) is 0 Å². The molecule has 2 rings (SSSR count). The maximum absolute atomic E-state index is 12.3. The van der Waals surface area contributed by atoms with Gasteiger partial charge < -0.3 is 15.7 Å². The standard InChI is InChI=1S/C16H20N2O4/c1-10(19)17-11-6-8-12(9-7-11)18-15(20)13-4-2-3-5-14(13)16(21)22/h6-9,13-14H,2-5H2,1H3,(H,17,19)(H,18,20)(H,21,22)/t13-,14+/m0/s1. The van der Waals surface area contributed by atoms with Gasteiger partial charge in [-0.1, -0.05) is 12.8 Å². The van der Waals surface area contributed by atoms with E-state index in [1.165, 1.54) is 6.92 Å². The van der Waals surface area contributed by atoms with Crippen LogP contribution in [0.3, 0.4) is 0 Å². The third-order valence-electron chi connectivity index (χ3n) is 3.89. The van der Waals surface area contributed by atoms with E-state index in [-0.39, 0.29) is 11.8 Å². The van der Waals surface area contributed by atoms with Crippen molar-refractivity contribution in [2.24, 2.45) is 11.8 Å². The van der Waals surface area contributed by atoms with E-state index >= 15 is 0 Å². The first-order valence-corrected chi connectivity index (χ1v) is 7.38. The summed E-state index contributed by atoms with van der Waals surface area (Å²) in [5.41, 5.74) is 1.24. The summed E-state index contributed by atoms with van der Waals surface area (Å²) >= 11 is 0. The van der Waals surface area contributed by atoms with E-state index in [1.54, 1.807) is 24.3 Å². The lowest BCUT2D eigenvalue weighted by Gasteiger charge is -2.27. The van der Waals surface area contributed by atoms with Gasteiger partial charge in [0.15, 0.2) is 0 Å². The van der Waals surface area contributed by atoms with Gasteiger partial charge in [-0.2, -0.15) is 0 Å². The number of anilines is 2. The molecule has 118 valence electrons. The molecule has 0 radical (unpaired) electrons. The molecule has 0 aromatic heterocycles. The average molecular weight is 304 g/mol. The van der Waals surface area contributed by atoms with Crippen LogP contribution in [0.25, 0.3) is 0 Å². The van der Waals surface area contributed by atoms with Crippen LogP contribution in [0, 0.1) is 11.8 Å². The molecule has 0 aliphatic heterocycles. The molecule has 0 unspecified atom stereocenters. The minimum absolute atomic E-state index is 0.164. The number of benzene rings is 1. The normalized spacial score (nSPS) is 21.0. The van der Waals surface area contributed by atoms with Gasteiger partial charge in [0, 0.05) is 18.3 Å². The average Bonchev–Trinajstić information content (AvgIpc) is 2.48. The van der Waals surface area contributed by atoms with Crippen molar-refractivity contribution in [3.63, 3.8) is 0 Å². The molecule has 0 bridgehead atoms. The van der Waals surface area contributed by atoms with Crippen LogP contribution in [0.5, 0.6) is 0 Å². The van der Waals surface area contributed by atoms with E-state index in [1.807, 2.05) is 0 Å². The number of carboxylic acids is 1. The Kier molecular flexibility index (Phi) is 5.14. The molecule has 1 aliphatic rings. The molecule has 2 atom stereocenters. The predicted molar refractivity (Wildman–Crippen MR) is 82.5 cm³/mol. The molecule has 1 saturated carbocycles. The lowest BCUT2D eigenvalue weighted by molar-refractivity contribution is -0.147. The Morgan fingerprint density at radius 3 is 1.95 bits per heavy atom. The summed E-state index contributed by atoms with van der Waals surface area (Å²) in [6.07, 6.45) is 2.89. The number of hydrogen-bond donors (Lipinski definition) is 3. The Labute approximate surface area is 128 Å². The summed E-state index contributed by atoms with van der Waals surface area (Å²) < 4.78 is 0. The first kappa shape index (κ1) is 16.0. The second-order valence-electron chi connectivity index (χ2n) is 5.58. The summed E-state index contributed by atoms with van der Waals surface area (Å²) in [6.45, 7) is 1.42. The Bertz CT molecular complexity index is 568. The Balaban J connectivity index is 2.01. The van der Waals surface area contributed by atoms with Crippen LogP contribution in [0.1, 0.15) is 32.6 Å². The van der Waals surface area contributed by atoms with Crippen molar-refractivity contribution >= 4 is 29.2 Å². The van der Waals surface area contributed by atoms with E-state index in [0.717, 1.165) is 12.8 Å². The molecule has 22 heavy (non-hydrogen) atoms. The van der Waals surface area contributed by atoms with Gasteiger partial charge >= 0.3 is 5.97 Å². The lowest BCUT2D eigenvalue weighted by atomic mass is 9.78. The Morgan fingerprint density at radius 1 is 0.955 bits per heavy atom. The maximum Gasteiger partial charge on any atom is 0.307 e. The minimum atomic E-state index is -0.902. The molecule has 2 amide bonds. The highest BCUT2D eigenvalue weighted by Crippen LogP contribution is 2.31. The number of carbonyl (C=O) groups excluding carboxylic acids is 2. The third-order valence-corrected chi connectivity index (χ3v) is 3.89. The van der Waals surface area contributed by atoms with Crippen molar-refractivity contribution in [1.82, 2.24) is 0 Å². The highest BCUT2D eigenvalue weighted by Gasteiger charge is 2.35. The van der Waals surface area contributed by atoms with Gasteiger partial charge in [-0.25, -0.2) is 0 Å². The van der Waals surface area contributed by atoms with Crippen LogP contribution < -0.4 is 10.6 Å². The van der Waals surface area contributed by atoms with Crippen molar-refractivity contribution in [1.29, 1.82) is 0 Å². The molecule has 0 saturated heterocycles.